The second kappa shape index (κ2) is 5.97. The van der Waals surface area contributed by atoms with E-state index in [2.05, 4.69) is 15.4 Å². The first-order valence-electron chi connectivity index (χ1n) is 5.85. The molecule has 3 N–H and O–H groups in total. The van der Waals surface area contributed by atoms with E-state index >= 15 is 0 Å². The molecule has 2 unspecified atom stereocenters. The van der Waals surface area contributed by atoms with E-state index in [1.807, 2.05) is 6.92 Å². The van der Waals surface area contributed by atoms with Crippen molar-refractivity contribution in [1.82, 2.24) is 10.6 Å². The Balaban J connectivity index is 2.46. The van der Waals surface area contributed by atoms with E-state index in [0.29, 0.717) is 6.42 Å². The average molecular weight is 244 g/mol. The molecule has 0 aromatic rings. The first-order valence-corrected chi connectivity index (χ1v) is 5.85. The van der Waals surface area contributed by atoms with Gasteiger partial charge in [-0.2, -0.15) is 0 Å². The van der Waals surface area contributed by atoms with Crippen LogP contribution < -0.4 is 10.6 Å². The highest BCUT2D eigenvalue weighted by atomic mass is 16.5. The number of aliphatic hydroxyl groups is 1. The largest absolute Gasteiger partial charge is 0.467 e. The molecule has 0 saturated carbocycles. The fourth-order valence-electron chi connectivity index (χ4n) is 2.04. The lowest BCUT2D eigenvalue weighted by molar-refractivity contribution is -0.150. The van der Waals surface area contributed by atoms with Gasteiger partial charge in [0.1, 0.15) is 0 Å². The number of aliphatic hydroxyl groups excluding tert-OH is 1. The maximum atomic E-state index is 12.0. The Morgan fingerprint density at radius 3 is 2.76 bits per heavy atom. The van der Waals surface area contributed by atoms with Gasteiger partial charge in [0.25, 0.3) is 0 Å². The molecule has 1 amide bonds. The summed E-state index contributed by atoms with van der Waals surface area (Å²) in [5, 5.41) is 15.1. The number of amides is 1. The zero-order valence-corrected chi connectivity index (χ0v) is 10.3. The minimum Gasteiger partial charge on any atom is -0.467 e. The molecular formula is C11H20N2O4. The molecule has 1 heterocycles. The minimum atomic E-state index is -1.31. The molecule has 0 aromatic heterocycles. The standard InChI is InChI=1S/C11H20N2O4/c1-3-11(5-4-6-13-11)10(16)12-7-8(14)9(15)17-2/h8,13-14H,3-7H2,1-2H3,(H,12,16). The monoisotopic (exact) mass is 244 g/mol. The molecule has 6 nitrogen and oxygen atoms in total. The summed E-state index contributed by atoms with van der Waals surface area (Å²) in [5.41, 5.74) is -0.546. The Labute approximate surface area is 101 Å². The second-order valence-corrected chi connectivity index (χ2v) is 4.21. The third-order valence-corrected chi connectivity index (χ3v) is 3.21. The molecule has 1 aliphatic rings. The zero-order chi connectivity index (χ0) is 12.9. The maximum Gasteiger partial charge on any atom is 0.336 e. The van der Waals surface area contributed by atoms with Gasteiger partial charge in [-0.3, -0.25) is 4.79 Å². The van der Waals surface area contributed by atoms with Gasteiger partial charge in [-0.1, -0.05) is 6.92 Å². The average Bonchev–Trinajstić information content (AvgIpc) is 2.84. The highest BCUT2D eigenvalue weighted by molar-refractivity contribution is 5.87. The number of carbonyl (C=O) groups is 2. The maximum absolute atomic E-state index is 12.0. The molecule has 1 saturated heterocycles. The van der Waals surface area contributed by atoms with Gasteiger partial charge in [-0.05, 0) is 25.8 Å². The summed E-state index contributed by atoms with van der Waals surface area (Å²) in [4.78, 5) is 22.9. The molecule has 98 valence electrons. The van der Waals surface area contributed by atoms with Crippen LogP contribution in [0.5, 0.6) is 0 Å². The predicted octanol–water partition coefficient (Wildman–Crippen LogP) is -0.831. The van der Waals surface area contributed by atoms with E-state index in [1.54, 1.807) is 0 Å². The van der Waals surface area contributed by atoms with E-state index in [-0.39, 0.29) is 12.5 Å². The summed E-state index contributed by atoms with van der Waals surface area (Å²) in [6.07, 6.45) is 1.12. The van der Waals surface area contributed by atoms with Crippen LogP contribution in [0.4, 0.5) is 0 Å². The summed E-state index contributed by atoms with van der Waals surface area (Å²) in [6.45, 7) is 2.64. The lowest BCUT2D eigenvalue weighted by atomic mass is 9.93. The third kappa shape index (κ3) is 3.17. The Morgan fingerprint density at radius 2 is 2.29 bits per heavy atom. The molecule has 0 spiro atoms. The lowest BCUT2D eigenvalue weighted by Gasteiger charge is -2.27. The summed E-state index contributed by atoms with van der Waals surface area (Å²) < 4.78 is 4.37. The van der Waals surface area contributed by atoms with Gasteiger partial charge < -0.3 is 20.5 Å². The van der Waals surface area contributed by atoms with Gasteiger partial charge in [0.2, 0.25) is 5.91 Å². The molecule has 6 heteroatoms. The molecule has 1 rings (SSSR count). The van der Waals surface area contributed by atoms with E-state index < -0.39 is 17.6 Å². The van der Waals surface area contributed by atoms with Crippen LogP contribution in [-0.2, 0) is 14.3 Å². The first kappa shape index (κ1) is 13.9. The van der Waals surface area contributed by atoms with Crippen LogP contribution in [0, 0.1) is 0 Å². The summed E-state index contributed by atoms with van der Waals surface area (Å²) >= 11 is 0. The normalized spacial score (nSPS) is 25.4. The topological polar surface area (TPSA) is 87.7 Å². The van der Waals surface area contributed by atoms with Crippen LogP contribution in [0.2, 0.25) is 0 Å². The van der Waals surface area contributed by atoms with Crippen LogP contribution in [0.1, 0.15) is 26.2 Å². The predicted molar refractivity (Wildman–Crippen MR) is 61.3 cm³/mol. The van der Waals surface area contributed by atoms with Crippen LogP contribution in [-0.4, -0.2) is 48.8 Å². The number of methoxy groups -OCH3 is 1. The van der Waals surface area contributed by atoms with Crippen molar-refractivity contribution in [3.05, 3.63) is 0 Å². The van der Waals surface area contributed by atoms with Gasteiger partial charge in [0, 0.05) is 0 Å². The number of carbonyl (C=O) groups excluding carboxylic acids is 2. The Hall–Kier alpha value is -1.14. The molecule has 1 fully saturated rings. The molecule has 1 aliphatic heterocycles. The van der Waals surface area contributed by atoms with Gasteiger partial charge in [0.05, 0.1) is 19.2 Å². The molecule has 17 heavy (non-hydrogen) atoms. The molecule has 0 aliphatic carbocycles. The zero-order valence-electron chi connectivity index (χ0n) is 10.3. The van der Waals surface area contributed by atoms with Crippen molar-refractivity contribution in [3.63, 3.8) is 0 Å². The van der Waals surface area contributed by atoms with E-state index in [9.17, 15) is 14.7 Å². The Kier molecular flexibility index (Phi) is 4.89. The van der Waals surface area contributed by atoms with Crippen molar-refractivity contribution in [2.75, 3.05) is 20.2 Å². The number of hydrogen-bond acceptors (Lipinski definition) is 5. The van der Waals surface area contributed by atoms with Crippen molar-refractivity contribution < 1.29 is 19.4 Å². The lowest BCUT2D eigenvalue weighted by Crippen LogP contribution is -2.54. The number of rotatable bonds is 5. The molecule has 2 atom stereocenters. The summed E-state index contributed by atoms with van der Waals surface area (Å²) in [6, 6.07) is 0. The van der Waals surface area contributed by atoms with E-state index in [1.165, 1.54) is 7.11 Å². The smallest absolute Gasteiger partial charge is 0.336 e. The highest BCUT2D eigenvalue weighted by Crippen LogP contribution is 2.22. The fraction of sp³-hybridized carbons (Fsp3) is 0.818. The number of esters is 1. The van der Waals surface area contributed by atoms with Gasteiger partial charge in [0.15, 0.2) is 6.10 Å². The molecule has 0 aromatic carbocycles. The number of nitrogens with one attached hydrogen (secondary N) is 2. The third-order valence-electron chi connectivity index (χ3n) is 3.21. The molecular weight excluding hydrogens is 224 g/mol. The fourth-order valence-corrected chi connectivity index (χ4v) is 2.04. The highest BCUT2D eigenvalue weighted by Gasteiger charge is 2.39. The Morgan fingerprint density at radius 1 is 1.59 bits per heavy atom. The number of hydrogen-bond donors (Lipinski definition) is 3. The van der Waals surface area contributed by atoms with Crippen LogP contribution >= 0.6 is 0 Å². The van der Waals surface area contributed by atoms with Crippen LogP contribution in [0.25, 0.3) is 0 Å². The quantitative estimate of drug-likeness (QED) is 0.549. The second-order valence-electron chi connectivity index (χ2n) is 4.21. The minimum absolute atomic E-state index is 0.116. The van der Waals surface area contributed by atoms with Crippen molar-refractivity contribution in [2.45, 2.75) is 37.8 Å². The van der Waals surface area contributed by atoms with Gasteiger partial charge in [-0.25, -0.2) is 4.79 Å². The van der Waals surface area contributed by atoms with Crippen LogP contribution in [0.15, 0.2) is 0 Å². The summed E-state index contributed by atoms with van der Waals surface area (Å²) in [7, 11) is 1.19. The van der Waals surface area contributed by atoms with Gasteiger partial charge in [-0.15, -0.1) is 0 Å². The van der Waals surface area contributed by atoms with Crippen molar-refractivity contribution in [1.29, 1.82) is 0 Å². The Bertz CT molecular complexity index is 287. The molecule has 0 bridgehead atoms. The SMILES string of the molecule is CCC1(C(=O)NCC(O)C(=O)OC)CCCN1. The van der Waals surface area contributed by atoms with E-state index in [0.717, 1.165) is 19.4 Å². The summed E-state index contributed by atoms with van der Waals surface area (Å²) in [5.74, 6) is -0.907. The van der Waals surface area contributed by atoms with Crippen LogP contribution in [0.3, 0.4) is 0 Å². The first-order chi connectivity index (χ1) is 8.05. The molecule has 0 radical (unpaired) electrons. The van der Waals surface area contributed by atoms with Gasteiger partial charge >= 0.3 is 5.97 Å². The van der Waals surface area contributed by atoms with E-state index in [4.69, 9.17) is 0 Å². The van der Waals surface area contributed by atoms with Crippen molar-refractivity contribution in [3.8, 4) is 0 Å². The number of ether oxygens (including phenoxy) is 1. The van der Waals surface area contributed by atoms with Crippen molar-refractivity contribution in [2.24, 2.45) is 0 Å². The van der Waals surface area contributed by atoms with Crippen molar-refractivity contribution >= 4 is 11.9 Å².